The second-order valence-electron chi connectivity index (χ2n) is 1.62. The third kappa shape index (κ3) is 18.3. The molecular formula is C5H10Na2O7. The first-order valence-corrected chi connectivity index (χ1v) is 2.52. The Morgan fingerprint density at radius 2 is 1.21 bits per heavy atom. The molecule has 7 nitrogen and oxygen atoms in total. The van der Waals surface area contributed by atoms with Crippen LogP contribution in [0.25, 0.3) is 0 Å². The molecule has 0 fully saturated rings. The van der Waals surface area contributed by atoms with E-state index in [1.807, 2.05) is 0 Å². The maximum absolute atomic E-state index is 10.2. The van der Waals surface area contributed by atoms with Crippen molar-refractivity contribution in [1.82, 2.24) is 0 Å². The first-order chi connectivity index (χ1) is 4.54. The average Bonchev–Trinajstić information content (AvgIpc) is 1.82. The van der Waals surface area contributed by atoms with Gasteiger partial charge in [0.25, 0.3) is 0 Å². The van der Waals surface area contributed by atoms with Crippen molar-refractivity contribution in [3.63, 3.8) is 0 Å². The number of carboxylic acids is 2. The van der Waals surface area contributed by atoms with Gasteiger partial charge < -0.3 is 21.2 Å². The van der Waals surface area contributed by atoms with Crippen LogP contribution >= 0.6 is 0 Å². The van der Waals surface area contributed by atoms with E-state index in [0.29, 0.717) is 0 Å². The molecule has 0 saturated heterocycles. The quantitative estimate of drug-likeness (QED) is 0.389. The fourth-order valence-electron chi connectivity index (χ4n) is 0.327. The molecule has 0 unspecified atom stereocenters. The zero-order chi connectivity index (χ0) is 8.15. The van der Waals surface area contributed by atoms with Crippen molar-refractivity contribution in [3.8, 4) is 0 Å². The van der Waals surface area contributed by atoms with Gasteiger partial charge in [-0.25, -0.2) is 4.79 Å². The second kappa shape index (κ2) is 16.0. The van der Waals surface area contributed by atoms with Gasteiger partial charge in [-0.3, -0.25) is 9.59 Å². The van der Waals surface area contributed by atoms with Crippen molar-refractivity contribution in [2.24, 2.45) is 0 Å². The summed E-state index contributed by atoms with van der Waals surface area (Å²) in [7, 11) is 0. The Kier molecular flexibility index (Phi) is 33.4. The van der Waals surface area contributed by atoms with Gasteiger partial charge in [0.1, 0.15) is 0 Å². The van der Waals surface area contributed by atoms with E-state index in [2.05, 4.69) is 0 Å². The van der Waals surface area contributed by atoms with Crippen molar-refractivity contribution in [1.29, 1.82) is 0 Å². The largest absolute Gasteiger partial charge is 0.481 e. The Hall–Kier alpha value is 0.530. The number of carbonyl (C=O) groups is 3. The van der Waals surface area contributed by atoms with Crippen molar-refractivity contribution < 1.29 is 35.5 Å². The van der Waals surface area contributed by atoms with Gasteiger partial charge in [0.15, 0.2) is 0 Å². The fourth-order valence-corrected chi connectivity index (χ4v) is 0.327. The molecule has 0 bridgehead atoms. The monoisotopic (exact) mass is 228 g/mol. The molecule has 0 aromatic rings. The van der Waals surface area contributed by atoms with E-state index in [1.54, 1.807) is 0 Å². The normalized spacial score (nSPS) is 6.29. The Bertz CT molecular complexity index is 181. The van der Waals surface area contributed by atoms with Gasteiger partial charge in [-0.1, -0.05) is 0 Å². The minimum atomic E-state index is -1.58. The Balaban J connectivity index is -0.0000000675. The smallest absolute Gasteiger partial charge is 0.372 e. The van der Waals surface area contributed by atoms with E-state index >= 15 is 0 Å². The Labute approximate surface area is 124 Å². The molecule has 0 atom stereocenters. The van der Waals surface area contributed by atoms with Crippen LogP contribution < -0.4 is 0 Å². The second-order valence-corrected chi connectivity index (χ2v) is 1.62. The molecule has 0 aromatic heterocycles. The maximum Gasteiger partial charge on any atom is 0.372 e. The van der Waals surface area contributed by atoms with Crippen LogP contribution in [-0.4, -0.2) is 98.0 Å². The van der Waals surface area contributed by atoms with Crippen LogP contribution in [0, 0.1) is 0 Å². The summed E-state index contributed by atoms with van der Waals surface area (Å²) in [4.78, 5) is 29.7. The Morgan fingerprint density at radius 1 is 0.857 bits per heavy atom. The predicted octanol–water partition coefficient (Wildman–Crippen LogP) is -2.91. The van der Waals surface area contributed by atoms with E-state index < -0.39 is 30.6 Å². The molecule has 0 saturated carbocycles. The molecule has 0 heterocycles. The summed E-state index contributed by atoms with van der Waals surface area (Å²) in [6.07, 6.45) is -0.865. The van der Waals surface area contributed by atoms with E-state index in [1.165, 1.54) is 0 Å². The summed E-state index contributed by atoms with van der Waals surface area (Å²) >= 11 is 0. The van der Waals surface area contributed by atoms with Crippen LogP contribution in [0.1, 0.15) is 12.8 Å². The molecule has 0 aliphatic carbocycles. The summed E-state index contributed by atoms with van der Waals surface area (Å²) in [5, 5.41) is 16.0. The zero-order valence-corrected chi connectivity index (χ0v) is 12.0. The Morgan fingerprint density at radius 3 is 1.43 bits per heavy atom. The van der Waals surface area contributed by atoms with E-state index in [9.17, 15) is 14.4 Å². The number of aliphatic carboxylic acids is 2. The molecule has 9 heteroatoms. The fraction of sp³-hybridized carbons (Fsp3) is 0.400. The molecular weight excluding hydrogens is 218 g/mol. The topological polar surface area (TPSA) is 155 Å². The van der Waals surface area contributed by atoms with Crippen molar-refractivity contribution in [2.75, 3.05) is 0 Å². The van der Waals surface area contributed by atoms with E-state index in [0.717, 1.165) is 0 Å². The molecule has 0 spiro atoms. The van der Waals surface area contributed by atoms with Crippen LogP contribution in [0.2, 0.25) is 0 Å². The number of hydrogen-bond acceptors (Lipinski definition) is 3. The molecule has 14 heavy (non-hydrogen) atoms. The van der Waals surface area contributed by atoms with Crippen LogP contribution in [0.3, 0.4) is 0 Å². The minimum Gasteiger partial charge on any atom is -0.481 e. The van der Waals surface area contributed by atoms with Gasteiger partial charge in [-0.15, -0.1) is 0 Å². The molecule has 0 aromatic carbocycles. The van der Waals surface area contributed by atoms with Crippen molar-refractivity contribution in [2.45, 2.75) is 12.8 Å². The van der Waals surface area contributed by atoms with Gasteiger partial charge in [0.2, 0.25) is 5.78 Å². The van der Waals surface area contributed by atoms with Gasteiger partial charge in [-0.05, 0) is 0 Å². The summed E-state index contributed by atoms with van der Waals surface area (Å²) in [5.74, 6) is -3.82. The summed E-state index contributed by atoms with van der Waals surface area (Å²) in [5.41, 5.74) is 0. The van der Waals surface area contributed by atoms with Gasteiger partial charge in [0.05, 0.1) is 6.42 Å². The van der Waals surface area contributed by atoms with Crippen LogP contribution in [0.4, 0.5) is 0 Å². The summed E-state index contributed by atoms with van der Waals surface area (Å²) in [6, 6.07) is 0. The number of hydrogen-bond donors (Lipinski definition) is 2. The summed E-state index contributed by atoms with van der Waals surface area (Å²) < 4.78 is 0. The number of ketones is 1. The molecule has 0 aliphatic rings. The molecule has 0 rings (SSSR count). The third-order valence-electron chi connectivity index (χ3n) is 0.804. The minimum absolute atomic E-state index is 0. The number of carboxylic acid groups (broad SMARTS) is 2. The predicted molar refractivity (Wildman–Crippen MR) is 48.2 cm³/mol. The van der Waals surface area contributed by atoms with Crippen LogP contribution in [0.15, 0.2) is 0 Å². The summed E-state index contributed by atoms with van der Waals surface area (Å²) in [6.45, 7) is 0. The zero-order valence-electron chi connectivity index (χ0n) is 8.03. The number of rotatable bonds is 4. The average molecular weight is 228 g/mol. The van der Waals surface area contributed by atoms with Crippen LogP contribution in [-0.2, 0) is 14.4 Å². The molecule has 74 valence electrons. The van der Waals surface area contributed by atoms with Gasteiger partial charge in [0, 0.05) is 65.5 Å². The number of carbonyl (C=O) groups excluding carboxylic acids is 1. The van der Waals surface area contributed by atoms with Crippen LogP contribution in [0.5, 0.6) is 0 Å². The van der Waals surface area contributed by atoms with E-state index in [4.69, 9.17) is 10.2 Å². The first kappa shape index (κ1) is 29.3. The van der Waals surface area contributed by atoms with E-state index in [-0.39, 0.29) is 70.1 Å². The van der Waals surface area contributed by atoms with Crippen molar-refractivity contribution in [3.05, 3.63) is 0 Å². The molecule has 0 aliphatic heterocycles. The van der Waals surface area contributed by atoms with Gasteiger partial charge >= 0.3 is 11.9 Å². The standard InChI is InChI=1S/C5H6O5.2Na.2H2O/c6-3(5(9)10)1-2-4(7)8;;;;/h1-2H2,(H,7,8)(H,9,10);;;2*1H2. The molecule has 0 amide bonds. The molecule has 2 radical (unpaired) electrons. The van der Waals surface area contributed by atoms with Gasteiger partial charge in [-0.2, -0.15) is 0 Å². The van der Waals surface area contributed by atoms with Crippen molar-refractivity contribution >= 4 is 76.8 Å². The third-order valence-corrected chi connectivity index (χ3v) is 0.804. The number of Topliss-reactive ketones (excluding diaryl/α,β-unsaturated/α-hetero) is 1. The SMILES string of the molecule is O.O.O=C(O)CCC(=O)C(=O)O.[Na].[Na]. The maximum atomic E-state index is 10.2. The molecule has 6 N–H and O–H groups in total. The first-order valence-electron chi connectivity index (χ1n) is 2.52.